The van der Waals surface area contributed by atoms with Crippen LogP contribution in [0.4, 0.5) is 5.82 Å². The number of hydrogen-bond donors (Lipinski definition) is 1. The maximum absolute atomic E-state index is 12.7. The fourth-order valence-corrected chi connectivity index (χ4v) is 5.48. The molecular formula is C27H26N6O2. The van der Waals surface area contributed by atoms with Crippen molar-refractivity contribution in [1.29, 1.82) is 0 Å². The number of nitrogens with zero attached hydrogens (tertiary/aromatic N) is 5. The number of aromatic nitrogens is 4. The topological polar surface area (TPSA) is 99.2 Å². The van der Waals surface area contributed by atoms with Crippen molar-refractivity contribution in [2.24, 2.45) is 5.92 Å². The molecule has 6 rings (SSSR count). The monoisotopic (exact) mass is 466 g/mol. The Hall–Kier alpha value is -4.20. The maximum atomic E-state index is 12.7. The van der Waals surface area contributed by atoms with Gasteiger partial charge in [-0.2, -0.15) is 5.10 Å². The first kappa shape index (κ1) is 21.3. The highest BCUT2D eigenvalue weighted by Gasteiger charge is 2.48. The van der Waals surface area contributed by atoms with Crippen LogP contribution in [0, 0.1) is 5.92 Å². The second-order valence-corrected chi connectivity index (χ2v) is 9.15. The van der Waals surface area contributed by atoms with Crippen LogP contribution in [0.25, 0.3) is 22.3 Å². The minimum absolute atomic E-state index is 0.0502. The number of fused-ring (bicyclic) bond motifs is 3. The number of carbonyl (C=O) groups is 1. The number of nitrogens with two attached hydrogens (primary N) is 1. The zero-order valence-electron chi connectivity index (χ0n) is 19.4. The standard InChI is InChI=1S/C27H26N6O2/c1-2-6-23(34)32-15-17-13-21(32)22(14-17)33-27-24(26(28)29-16-30-27)25(31-33)18-9-11-20(12-10-18)35-19-7-4-3-5-8-19/h2-12,16-17,21-22H,13-15H2,1H3,(H2,28,29,30)/b6-2+. The second kappa shape index (κ2) is 8.54. The molecule has 3 unspecified atom stereocenters. The first-order valence-corrected chi connectivity index (χ1v) is 11.9. The average molecular weight is 467 g/mol. The van der Waals surface area contributed by atoms with Gasteiger partial charge in [-0.1, -0.05) is 24.3 Å². The molecule has 2 aromatic heterocycles. The van der Waals surface area contributed by atoms with Crippen LogP contribution < -0.4 is 10.5 Å². The van der Waals surface area contributed by atoms with E-state index in [-0.39, 0.29) is 18.0 Å². The predicted molar refractivity (Wildman–Crippen MR) is 134 cm³/mol. The summed E-state index contributed by atoms with van der Waals surface area (Å²) in [5.74, 6) is 2.44. The summed E-state index contributed by atoms with van der Waals surface area (Å²) < 4.78 is 7.91. The molecule has 4 aromatic rings. The highest BCUT2D eigenvalue weighted by molar-refractivity contribution is 5.98. The molecule has 3 heterocycles. The van der Waals surface area contributed by atoms with Gasteiger partial charge in [0.05, 0.1) is 17.5 Å². The van der Waals surface area contributed by atoms with Crippen LogP contribution in [0.15, 0.2) is 73.1 Å². The maximum Gasteiger partial charge on any atom is 0.246 e. The van der Waals surface area contributed by atoms with Gasteiger partial charge in [0.15, 0.2) is 5.65 Å². The molecule has 1 amide bonds. The van der Waals surface area contributed by atoms with Gasteiger partial charge >= 0.3 is 0 Å². The van der Waals surface area contributed by atoms with Crippen LogP contribution in [0.3, 0.4) is 0 Å². The molecule has 1 saturated heterocycles. The molecule has 1 aliphatic carbocycles. The van der Waals surface area contributed by atoms with Crippen molar-refractivity contribution in [3.63, 3.8) is 0 Å². The van der Waals surface area contributed by atoms with E-state index >= 15 is 0 Å². The number of carbonyl (C=O) groups excluding carboxylic acids is 1. The molecule has 2 N–H and O–H groups in total. The van der Waals surface area contributed by atoms with Gasteiger partial charge in [-0.25, -0.2) is 14.6 Å². The highest BCUT2D eigenvalue weighted by Crippen LogP contribution is 2.46. The van der Waals surface area contributed by atoms with Crippen LogP contribution in [-0.4, -0.2) is 43.1 Å². The Kier molecular flexibility index (Phi) is 5.21. The van der Waals surface area contributed by atoms with Crippen LogP contribution in [0.1, 0.15) is 25.8 Å². The first-order valence-electron chi connectivity index (χ1n) is 11.9. The lowest BCUT2D eigenvalue weighted by atomic mass is 10.1. The fourth-order valence-electron chi connectivity index (χ4n) is 5.48. The van der Waals surface area contributed by atoms with Crippen molar-refractivity contribution in [2.75, 3.05) is 12.3 Å². The van der Waals surface area contributed by atoms with E-state index in [1.165, 1.54) is 6.33 Å². The zero-order valence-corrected chi connectivity index (χ0v) is 19.4. The molecule has 0 spiro atoms. The number of amides is 1. The second-order valence-electron chi connectivity index (χ2n) is 9.15. The van der Waals surface area contributed by atoms with Crippen molar-refractivity contribution in [3.8, 4) is 22.8 Å². The van der Waals surface area contributed by atoms with E-state index in [2.05, 4.69) is 9.97 Å². The summed E-state index contributed by atoms with van der Waals surface area (Å²) in [4.78, 5) is 23.5. The molecule has 3 atom stereocenters. The Balaban J connectivity index is 1.37. The third-order valence-electron chi connectivity index (χ3n) is 6.98. The number of allylic oxidation sites excluding steroid dienone is 1. The van der Waals surface area contributed by atoms with Crippen molar-refractivity contribution >= 4 is 22.8 Å². The molecule has 1 saturated carbocycles. The van der Waals surface area contributed by atoms with Gasteiger partial charge in [0.2, 0.25) is 5.91 Å². The van der Waals surface area contributed by atoms with E-state index in [0.717, 1.165) is 47.5 Å². The van der Waals surface area contributed by atoms with Gasteiger partial charge < -0.3 is 15.4 Å². The smallest absolute Gasteiger partial charge is 0.246 e. The molecular weight excluding hydrogens is 440 g/mol. The highest BCUT2D eigenvalue weighted by atomic mass is 16.5. The summed E-state index contributed by atoms with van der Waals surface area (Å²) in [6.07, 6.45) is 6.87. The average Bonchev–Trinajstić information content (AvgIpc) is 3.59. The number of nitrogen functional groups attached to an aromatic ring is 1. The molecule has 2 fully saturated rings. The third kappa shape index (κ3) is 3.71. The molecule has 1 aliphatic heterocycles. The normalized spacial score (nSPS) is 21.3. The summed E-state index contributed by atoms with van der Waals surface area (Å²) in [5, 5.41) is 5.75. The first-order chi connectivity index (χ1) is 17.1. The number of ether oxygens (including phenoxy) is 1. The van der Waals surface area contributed by atoms with E-state index in [1.54, 1.807) is 12.2 Å². The van der Waals surface area contributed by atoms with Gasteiger partial charge in [0, 0.05) is 12.1 Å². The van der Waals surface area contributed by atoms with Crippen molar-refractivity contribution in [2.45, 2.75) is 31.8 Å². The number of likely N-dealkylation sites (tertiary alicyclic amines) is 1. The van der Waals surface area contributed by atoms with Gasteiger partial charge in [0.1, 0.15) is 29.3 Å². The predicted octanol–water partition coefficient (Wildman–Crippen LogP) is 4.61. The SMILES string of the molecule is C/C=C/C(=O)N1CC2CC1C(n1nc(-c3ccc(Oc4ccccc4)cc3)c3c(N)ncnc31)C2. The molecule has 8 nitrogen and oxygen atoms in total. The van der Waals surface area contributed by atoms with Gasteiger partial charge in [-0.3, -0.25) is 4.79 Å². The number of rotatable bonds is 5. The molecule has 2 aromatic carbocycles. The lowest BCUT2D eigenvalue weighted by Crippen LogP contribution is -2.42. The molecule has 2 aliphatic rings. The largest absolute Gasteiger partial charge is 0.457 e. The number of piperidine rings is 1. The number of hydrogen-bond acceptors (Lipinski definition) is 6. The summed E-state index contributed by atoms with van der Waals surface area (Å²) in [6, 6.07) is 17.6. The number of anilines is 1. The summed E-state index contributed by atoms with van der Waals surface area (Å²) in [7, 11) is 0. The fraction of sp³-hybridized carbons (Fsp3) is 0.259. The summed E-state index contributed by atoms with van der Waals surface area (Å²) in [6.45, 7) is 2.67. The lowest BCUT2D eigenvalue weighted by Gasteiger charge is -2.32. The molecule has 2 bridgehead atoms. The third-order valence-corrected chi connectivity index (χ3v) is 6.98. The zero-order chi connectivity index (χ0) is 23.9. The van der Waals surface area contributed by atoms with Gasteiger partial charge in [-0.15, -0.1) is 0 Å². The Labute approximate surface area is 203 Å². The van der Waals surface area contributed by atoms with Gasteiger partial charge in [0.25, 0.3) is 0 Å². The van der Waals surface area contributed by atoms with E-state index in [0.29, 0.717) is 17.4 Å². The van der Waals surface area contributed by atoms with Crippen LogP contribution in [-0.2, 0) is 4.79 Å². The molecule has 8 heteroatoms. The van der Waals surface area contributed by atoms with E-state index < -0.39 is 0 Å². The Morgan fingerprint density at radius 1 is 1.03 bits per heavy atom. The van der Waals surface area contributed by atoms with E-state index in [4.69, 9.17) is 15.6 Å². The van der Waals surface area contributed by atoms with Crippen molar-refractivity contribution in [1.82, 2.24) is 24.6 Å². The Bertz CT molecular complexity index is 1410. The lowest BCUT2D eigenvalue weighted by molar-refractivity contribution is -0.128. The minimum atomic E-state index is 0.0502. The summed E-state index contributed by atoms with van der Waals surface area (Å²) in [5.41, 5.74) is 8.67. The molecule has 0 radical (unpaired) electrons. The Morgan fingerprint density at radius 3 is 2.51 bits per heavy atom. The van der Waals surface area contributed by atoms with Gasteiger partial charge in [-0.05, 0) is 68.2 Å². The Morgan fingerprint density at radius 2 is 1.77 bits per heavy atom. The number of benzene rings is 2. The molecule has 176 valence electrons. The van der Waals surface area contributed by atoms with Crippen molar-refractivity contribution < 1.29 is 9.53 Å². The van der Waals surface area contributed by atoms with Crippen LogP contribution >= 0.6 is 0 Å². The van der Waals surface area contributed by atoms with Crippen LogP contribution in [0.2, 0.25) is 0 Å². The minimum Gasteiger partial charge on any atom is -0.457 e. The number of para-hydroxylation sites is 1. The van der Waals surface area contributed by atoms with E-state index in [1.807, 2.05) is 71.1 Å². The summed E-state index contributed by atoms with van der Waals surface area (Å²) >= 11 is 0. The molecule has 35 heavy (non-hydrogen) atoms. The van der Waals surface area contributed by atoms with Crippen LogP contribution in [0.5, 0.6) is 11.5 Å². The quantitative estimate of drug-likeness (QED) is 0.432. The van der Waals surface area contributed by atoms with E-state index in [9.17, 15) is 4.79 Å². The van der Waals surface area contributed by atoms with Crippen molar-refractivity contribution in [3.05, 3.63) is 73.1 Å².